The maximum atomic E-state index is 11.4. The van der Waals surface area contributed by atoms with Gasteiger partial charge in [-0.25, -0.2) is 4.79 Å². The Bertz CT molecular complexity index is 480. The van der Waals surface area contributed by atoms with Gasteiger partial charge in [-0.1, -0.05) is 39.1 Å². The molecular formula is C13H15BrCl2O4. The second kappa shape index (κ2) is 8.60. The zero-order valence-electron chi connectivity index (χ0n) is 10.9. The molecule has 0 aliphatic heterocycles. The van der Waals surface area contributed by atoms with Crippen LogP contribution in [0.4, 0.5) is 0 Å². The fourth-order valence-corrected chi connectivity index (χ4v) is 2.50. The van der Waals surface area contributed by atoms with Gasteiger partial charge in [0.1, 0.15) is 10.6 Å². The summed E-state index contributed by atoms with van der Waals surface area (Å²) in [5, 5.41) is 10.9. The fourth-order valence-electron chi connectivity index (χ4n) is 1.54. The SMILES string of the molecule is COC(=O)c1cc(Cl)c(OCCCCCBr)c(Cl)c1O. The maximum absolute atomic E-state index is 11.4. The lowest BCUT2D eigenvalue weighted by molar-refractivity contribution is 0.0597. The van der Waals surface area contributed by atoms with Crippen molar-refractivity contribution in [2.24, 2.45) is 0 Å². The largest absolute Gasteiger partial charge is 0.505 e. The van der Waals surface area contributed by atoms with Gasteiger partial charge in [0.25, 0.3) is 0 Å². The van der Waals surface area contributed by atoms with Gasteiger partial charge in [-0.2, -0.15) is 0 Å². The Balaban J connectivity index is 2.83. The fraction of sp³-hybridized carbons (Fsp3) is 0.462. The highest BCUT2D eigenvalue weighted by atomic mass is 79.9. The Morgan fingerprint density at radius 1 is 1.35 bits per heavy atom. The van der Waals surface area contributed by atoms with Gasteiger partial charge in [0.05, 0.1) is 18.7 Å². The van der Waals surface area contributed by atoms with Crippen molar-refractivity contribution >= 4 is 45.1 Å². The molecule has 0 saturated carbocycles. The highest BCUT2D eigenvalue weighted by molar-refractivity contribution is 9.09. The van der Waals surface area contributed by atoms with Gasteiger partial charge >= 0.3 is 5.97 Å². The Morgan fingerprint density at radius 2 is 2.05 bits per heavy atom. The summed E-state index contributed by atoms with van der Waals surface area (Å²) in [7, 11) is 1.21. The van der Waals surface area contributed by atoms with E-state index in [9.17, 15) is 9.90 Å². The first-order valence-electron chi connectivity index (χ1n) is 6.01. The van der Waals surface area contributed by atoms with Gasteiger partial charge in [-0.05, 0) is 25.3 Å². The van der Waals surface area contributed by atoms with Crippen LogP contribution in [0, 0.1) is 0 Å². The van der Waals surface area contributed by atoms with Crippen LogP contribution in [0.5, 0.6) is 11.5 Å². The molecule has 0 amide bonds. The van der Waals surface area contributed by atoms with Crippen LogP contribution >= 0.6 is 39.1 Å². The molecule has 0 atom stereocenters. The molecule has 0 aliphatic carbocycles. The van der Waals surface area contributed by atoms with Crippen LogP contribution in [-0.4, -0.2) is 30.1 Å². The van der Waals surface area contributed by atoms with Crippen LogP contribution in [0.2, 0.25) is 10.0 Å². The normalized spacial score (nSPS) is 10.4. The summed E-state index contributed by atoms with van der Waals surface area (Å²) >= 11 is 15.3. The molecule has 0 fully saturated rings. The number of unbranched alkanes of at least 4 members (excludes halogenated alkanes) is 2. The highest BCUT2D eigenvalue weighted by Gasteiger charge is 2.21. The van der Waals surface area contributed by atoms with Crippen LogP contribution < -0.4 is 4.74 Å². The number of esters is 1. The summed E-state index contributed by atoms with van der Waals surface area (Å²) in [4.78, 5) is 11.4. The second-order valence-electron chi connectivity index (χ2n) is 3.99. The topological polar surface area (TPSA) is 55.8 Å². The number of carbonyl (C=O) groups excluding carboxylic acids is 1. The molecule has 112 valence electrons. The van der Waals surface area contributed by atoms with E-state index in [1.165, 1.54) is 13.2 Å². The minimum Gasteiger partial charge on any atom is -0.505 e. The van der Waals surface area contributed by atoms with E-state index in [2.05, 4.69) is 20.7 Å². The number of hydrogen-bond donors (Lipinski definition) is 1. The number of methoxy groups -OCH3 is 1. The molecule has 20 heavy (non-hydrogen) atoms. The maximum Gasteiger partial charge on any atom is 0.341 e. The van der Waals surface area contributed by atoms with Gasteiger partial charge in [0.15, 0.2) is 11.5 Å². The van der Waals surface area contributed by atoms with Crippen LogP contribution in [0.1, 0.15) is 29.6 Å². The number of hydrogen-bond acceptors (Lipinski definition) is 4. The van der Waals surface area contributed by atoms with Crippen molar-refractivity contribution in [3.8, 4) is 11.5 Å². The number of rotatable bonds is 7. The molecule has 0 bridgehead atoms. The third-order valence-electron chi connectivity index (χ3n) is 2.58. The van der Waals surface area contributed by atoms with Crippen molar-refractivity contribution < 1.29 is 19.4 Å². The third-order valence-corrected chi connectivity index (χ3v) is 3.77. The van der Waals surface area contributed by atoms with Gasteiger partial charge < -0.3 is 14.6 Å². The first kappa shape index (κ1) is 17.4. The molecule has 7 heteroatoms. The standard InChI is InChI=1S/C13H15BrCl2O4/c1-19-13(18)8-7-9(15)12(10(16)11(8)17)20-6-4-2-3-5-14/h7,17H,2-6H2,1H3. The van der Waals surface area contributed by atoms with Gasteiger partial charge in [-0.15, -0.1) is 0 Å². The minimum atomic E-state index is -0.713. The molecule has 1 aromatic rings. The molecule has 1 rings (SSSR count). The van der Waals surface area contributed by atoms with E-state index in [1.807, 2.05) is 0 Å². The summed E-state index contributed by atoms with van der Waals surface area (Å²) in [6.45, 7) is 0.434. The number of aromatic hydroxyl groups is 1. The average molecular weight is 386 g/mol. The number of ether oxygens (including phenoxy) is 2. The molecule has 0 aromatic heterocycles. The van der Waals surface area contributed by atoms with Crippen molar-refractivity contribution in [2.45, 2.75) is 19.3 Å². The van der Waals surface area contributed by atoms with Crippen molar-refractivity contribution in [2.75, 3.05) is 19.0 Å². The summed E-state index contributed by atoms with van der Waals surface area (Å²) in [6.07, 6.45) is 2.90. The van der Waals surface area contributed by atoms with Crippen LogP contribution in [0.25, 0.3) is 0 Å². The van der Waals surface area contributed by atoms with E-state index in [0.717, 1.165) is 24.6 Å². The number of benzene rings is 1. The quantitative estimate of drug-likeness (QED) is 0.428. The third kappa shape index (κ3) is 4.43. The van der Waals surface area contributed by atoms with E-state index >= 15 is 0 Å². The first-order valence-corrected chi connectivity index (χ1v) is 7.88. The molecule has 4 nitrogen and oxygen atoms in total. The number of alkyl halides is 1. The summed E-state index contributed by atoms with van der Waals surface area (Å²) in [5.74, 6) is -0.925. The van der Waals surface area contributed by atoms with Crippen molar-refractivity contribution in [1.82, 2.24) is 0 Å². The Morgan fingerprint density at radius 3 is 2.65 bits per heavy atom. The van der Waals surface area contributed by atoms with Crippen LogP contribution in [-0.2, 0) is 4.74 Å². The lowest BCUT2D eigenvalue weighted by Gasteiger charge is -2.13. The Hall–Kier alpha value is -0.650. The van der Waals surface area contributed by atoms with E-state index in [0.29, 0.717) is 6.61 Å². The van der Waals surface area contributed by atoms with E-state index in [4.69, 9.17) is 27.9 Å². The second-order valence-corrected chi connectivity index (χ2v) is 5.57. The molecule has 0 aliphatic rings. The van der Waals surface area contributed by atoms with Gasteiger partial charge in [0.2, 0.25) is 0 Å². The summed E-state index contributed by atoms with van der Waals surface area (Å²) in [5.41, 5.74) is -0.0888. The molecule has 0 saturated heterocycles. The zero-order valence-corrected chi connectivity index (χ0v) is 14.0. The highest BCUT2D eigenvalue weighted by Crippen LogP contribution is 2.42. The molecular weight excluding hydrogens is 371 g/mol. The van der Waals surface area contributed by atoms with Gasteiger partial charge in [-0.3, -0.25) is 0 Å². The van der Waals surface area contributed by atoms with Crippen molar-refractivity contribution in [1.29, 1.82) is 0 Å². The average Bonchev–Trinajstić information content (AvgIpc) is 2.45. The number of carbonyl (C=O) groups is 1. The molecule has 1 N–H and O–H groups in total. The molecule has 0 heterocycles. The molecule has 0 spiro atoms. The molecule has 0 unspecified atom stereocenters. The summed E-state index contributed by atoms with van der Waals surface area (Å²) in [6, 6.07) is 1.28. The number of halogens is 3. The smallest absolute Gasteiger partial charge is 0.341 e. The monoisotopic (exact) mass is 384 g/mol. The van der Waals surface area contributed by atoms with Crippen LogP contribution in [0.3, 0.4) is 0 Å². The van der Waals surface area contributed by atoms with Gasteiger partial charge in [0, 0.05) is 5.33 Å². The lowest BCUT2D eigenvalue weighted by atomic mass is 10.2. The zero-order chi connectivity index (χ0) is 15.1. The number of phenolic OH excluding ortho intramolecular Hbond substituents is 1. The Labute approximate surface area is 136 Å². The minimum absolute atomic E-state index is 0.0848. The van der Waals surface area contributed by atoms with Crippen LogP contribution in [0.15, 0.2) is 6.07 Å². The molecule has 0 radical (unpaired) electrons. The van der Waals surface area contributed by atoms with E-state index in [1.54, 1.807) is 0 Å². The lowest BCUT2D eigenvalue weighted by Crippen LogP contribution is -2.04. The van der Waals surface area contributed by atoms with Crippen molar-refractivity contribution in [3.05, 3.63) is 21.7 Å². The predicted octanol–water partition coefficient (Wildman–Crippen LogP) is 4.43. The van der Waals surface area contributed by atoms with Crippen molar-refractivity contribution in [3.63, 3.8) is 0 Å². The Kier molecular flexibility index (Phi) is 7.48. The molecule has 1 aromatic carbocycles. The first-order chi connectivity index (χ1) is 9.52. The number of phenols is 1. The van der Waals surface area contributed by atoms with E-state index < -0.39 is 11.7 Å². The van der Waals surface area contributed by atoms with E-state index in [-0.39, 0.29) is 21.4 Å². The summed E-state index contributed by atoms with van der Waals surface area (Å²) < 4.78 is 10.0. The predicted molar refractivity (Wildman–Crippen MR) is 82.6 cm³/mol.